The first-order valence-electron chi connectivity index (χ1n) is 5.55. The van der Waals surface area contributed by atoms with Crippen molar-refractivity contribution in [1.29, 1.82) is 0 Å². The van der Waals surface area contributed by atoms with Crippen LogP contribution >= 0.6 is 0 Å². The molecule has 0 N–H and O–H groups in total. The third-order valence-electron chi connectivity index (χ3n) is 2.69. The Balaban J connectivity index is 2.10. The van der Waals surface area contributed by atoms with Gasteiger partial charge in [-0.3, -0.25) is 0 Å². The van der Waals surface area contributed by atoms with Gasteiger partial charge in [-0.25, -0.2) is 14.8 Å². The Bertz CT molecular complexity index is 427. The minimum absolute atomic E-state index is 0.374. The largest absolute Gasteiger partial charge is 0.481 e. The van der Waals surface area contributed by atoms with E-state index in [0.29, 0.717) is 31.4 Å². The lowest BCUT2D eigenvalue weighted by Crippen LogP contribution is -2.46. The van der Waals surface area contributed by atoms with Crippen LogP contribution < -0.4 is 9.64 Å². The molecule has 18 heavy (non-hydrogen) atoms. The highest BCUT2D eigenvalue weighted by atomic mass is 16.6. The highest BCUT2D eigenvalue weighted by Crippen LogP contribution is 2.18. The summed E-state index contributed by atoms with van der Waals surface area (Å²) < 4.78 is 15.1. The number of nitrogens with zero attached hydrogens (tertiary/aromatic N) is 3. The summed E-state index contributed by atoms with van der Waals surface area (Å²) in [6.07, 6.45) is 0.848. The van der Waals surface area contributed by atoms with Crippen LogP contribution in [0.1, 0.15) is 0 Å². The first-order chi connectivity index (χ1) is 8.74. The van der Waals surface area contributed by atoms with Gasteiger partial charge in [-0.15, -0.1) is 0 Å². The number of carbonyl (C=O) groups is 1. The quantitative estimate of drug-likeness (QED) is 0.694. The van der Waals surface area contributed by atoms with Crippen LogP contribution in [-0.4, -0.2) is 56.0 Å². The number of rotatable bonds is 3. The second-order valence-electron chi connectivity index (χ2n) is 3.75. The molecule has 1 aliphatic rings. The molecule has 2 rings (SSSR count). The molecule has 0 spiro atoms. The van der Waals surface area contributed by atoms with E-state index in [1.54, 1.807) is 13.2 Å². The van der Waals surface area contributed by atoms with Gasteiger partial charge < -0.3 is 19.1 Å². The number of aromatic nitrogens is 2. The topological polar surface area (TPSA) is 73.8 Å². The molecule has 0 radical (unpaired) electrons. The summed E-state index contributed by atoms with van der Waals surface area (Å²) in [4.78, 5) is 21.5. The van der Waals surface area contributed by atoms with Gasteiger partial charge in [0.15, 0.2) is 6.10 Å². The number of carbonyl (C=O) groups excluding carboxylic acids is 1. The lowest BCUT2D eigenvalue weighted by atomic mass is 10.2. The van der Waals surface area contributed by atoms with Gasteiger partial charge in [-0.2, -0.15) is 0 Å². The van der Waals surface area contributed by atoms with Crippen LogP contribution in [0.15, 0.2) is 12.4 Å². The molecule has 7 heteroatoms. The molecule has 0 saturated carbocycles. The molecule has 1 aliphatic heterocycles. The maximum absolute atomic E-state index is 11.4. The fourth-order valence-corrected chi connectivity index (χ4v) is 1.75. The number of morpholine rings is 1. The Morgan fingerprint density at radius 3 is 3.06 bits per heavy atom. The zero-order chi connectivity index (χ0) is 13.0. The third kappa shape index (κ3) is 2.67. The summed E-state index contributed by atoms with van der Waals surface area (Å²) in [5.41, 5.74) is 0. The van der Waals surface area contributed by atoms with Gasteiger partial charge in [-0.1, -0.05) is 0 Å². The lowest BCUT2D eigenvalue weighted by Gasteiger charge is -2.32. The first-order valence-corrected chi connectivity index (χ1v) is 5.55. The lowest BCUT2D eigenvalue weighted by molar-refractivity contribution is -0.154. The van der Waals surface area contributed by atoms with E-state index >= 15 is 0 Å². The van der Waals surface area contributed by atoms with Gasteiger partial charge in [0.05, 0.1) is 27.4 Å². The maximum Gasteiger partial charge on any atom is 0.336 e. The second kappa shape index (κ2) is 5.63. The molecule has 0 aromatic carbocycles. The first kappa shape index (κ1) is 12.6. The van der Waals surface area contributed by atoms with Crippen LogP contribution in [-0.2, 0) is 14.3 Å². The number of hydrogen-bond acceptors (Lipinski definition) is 7. The van der Waals surface area contributed by atoms with Crippen molar-refractivity contribution in [2.45, 2.75) is 6.10 Å². The molecular formula is C11H15N3O4. The summed E-state index contributed by atoms with van der Waals surface area (Å²) in [7, 11) is 2.89. The Hall–Kier alpha value is -1.89. The zero-order valence-corrected chi connectivity index (χ0v) is 10.3. The van der Waals surface area contributed by atoms with Gasteiger partial charge in [0.1, 0.15) is 12.1 Å². The van der Waals surface area contributed by atoms with Crippen LogP contribution in [0.3, 0.4) is 0 Å². The fourth-order valence-electron chi connectivity index (χ4n) is 1.75. The zero-order valence-electron chi connectivity index (χ0n) is 10.3. The number of anilines is 1. The Labute approximate surface area is 105 Å². The molecule has 0 bridgehead atoms. The van der Waals surface area contributed by atoms with Crippen molar-refractivity contribution in [3.8, 4) is 5.88 Å². The predicted octanol–water partition coefficient (Wildman–Crippen LogP) is -0.137. The molecule has 7 nitrogen and oxygen atoms in total. The van der Waals surface area contributed by atoms with Crippen molar-refractivity contribution in [3.63, 3.8) is 0 Å². The van der Waals surface area contributed by atoms with E-state index in [2.05, 4.69) is 14.7 Å². The smallest absolute Gasteiger partial charge is 0.336 e. The van der Waals surface area contributed by atoms with Crippen LogP contribution in [0.4, 0.5) is 5.82 Å². The Morgan fingerprint density at radius 2 is 2.33 bits per heavy atom. The van der Waals surface area contributed by atoms with Crippen LogP contribution in [0.25, 0.3) is 0 Å². The fraction of sp³-hybridized carbons (Fsp3) is 0.545. The van der Waals surface area contributed by atoms with Gasteiger partial charge in [0.2, 0.25) is 5.88 Å². The standard InChI is InChI=1S/C11H15N3O4/c1-16-10-5-9(12-7-13-10)14-3-4-18-8(6-14)11(15)17-2/h5,7-8H,3-4,6H2,1-2H3. The highest BCUT2D eigenvalue weighted by Gasteiger charge is 2.28. The highest BCUT2D eigenvalue weighted by molar-refractivity contribution is 5.75. The van der Waals surface area contributed by atoms with Gasteiger partial charge in [0, 0.05) is 12.6 Å². The number of esters is 1. The van der Waals surface area contributed by atoms with E-state index in [1.165, 1.54) is 13.4 Å². The normalized spacial score (nSPS) is 19.4. The van der Waals surface area contributed by atoms with Crippen LogP contribution in [0, 0.1) is 0 Å². The van der Waals surface area contributed by atoms with Gasteiger partial charge in [0.25, 0.3) is 0 Å². The summed E-state index contributed by atoms with van der Waals surface area (Å²) in [6, 6.07) is 1.72. The van der Waals surface area contributed by atoms with E-state index in [4.69, 9.17) is 9.47 Å². The monoisotopic (exact) mass is 253 g/mol. The maximum atomic E-state index is 11.4. The number of methoxy groups -OCH3 is 2. The van der Waals surface area contributed by atoms with E-state index in [0.717, 1.165) is 0 Å². The summed E-state index contributed by atoms with van der Waals surface area (Å²) in [6.45, 7) is 1.52. The third-order valence-corrected chi connectivity index (χ3v) is 2.69. The van der Waals surface area contributed by atoms with Crippen molar-refractivity contribution in [3.05, 3.63) is 12.4 Å². The molecule has 0 amide bonds. The van der Waals surface area contributed by atoms with Crippen molar-refractivity contribution in [1.82, 2.24) is 9.97 Å². The predicted molar refractivity (Wildman–Crippen MR) is 62.6 cm³/mol. The molecular weight excluding hydrogens is 238 g/mol. The minimum Gasteiger partial charge on any atom is -0.481 e. The molecule has 1 saturated heterocycles. The van der Waals surface area contributed by atoms with Crippen LogP contribution in [0.2, 0.25) is 0 Å². The Morgan fingerprint density at radius 1 is 1.50 bits per heavy atom. The van der Waals surface area contributed by atoms with Crippen molar-refractivity contribution < 1.29 is 19.0 Å². The molecule has 1 aromatic rings. The summed E-state index contributed by atoms with van der Waals surface area (Å²) >= 11 is 0. The van der Waals surface area contributed by atoms with Crippen molar-refractivity contribution >= 4 is 11.8 Å². The van der Waals surface area contributed by atoms with E-state index in [1.807, 2.05) is 4.90 Å². The molecule has 1 aromatic heterocycles. The van der Waals surface area contributed by atoms with Gasteiger partial charge in [-0.05, 0) is 0 Å². The molecule has 0 aliphatic carbocycles. The Kier molecular flexibility index (Phi) is 3.93. The summed E-state index contributed by atoms with van der Waals surface area (Å²) in [5, 5.41) is 0. The van der Waals surface area contributed by atoms with Gasteiger partial charge >= 0.3 is 5.97 Å². The SMILES string of the molecule is COC(=O)C1CN(c2cc(OC)ncn2)CCO1. The minimum atomic E-state index is -0.579. The van der Waals surface area contributed by atoms with Crippen molar-refractivity contribution in [2.24, 2.45) is 0 Å². The average Bonchev–Trinajstić information content (AvgIpc) is 2.46. The molecule has 1 fully saturated rings. The molecule has 1 atom stereocenters. The van der Waals surface area contributed by atoms with Crippen LogP contribution in [0.5, 0.6) is 5.88 Å². The molecule has 2 heterocycles. The second-order valence-corrected chi connectivity index (χ2v) is 3.75. The number of ether oxygens (including phenoxy) is 3. The van der Waals surface area contributed by atoms with Crippen molar-refractivity contribution in [2.75, 3.05) is 38.8 Å². The summed E-state index contributed by atoms with van der Waals surface area (Å²) in [5.74, 6) is 0.820. The van der Waals surface area contributed by atoms with E-state index in [-0.39, 0.29) is 5.97 Å². The van der Waals surface area contributed by atoms with E-state index in [9.17, 15) is 4.79 Å². The molecule has 1 unspecified atom stereocenters. The number of hydrogen-bond donors (Lipinski definition) is 0. The van der Waals surface area contributed by atoms with E-state index < -0.39 is 6.10 Å². The average molecular weight is 253 g/mol. The molecule has 98 valence electrons.